The monoisotopic (exact) mass is 307 g/mol. The topological polar surface area (TPSA) is 46.9 Å². The Bertz CT molecular complexity index is 876. The van der Waals surface area contributed by atoms with Crippen LogP contribution in [-0.2, 0) is 6.54 Å². The molecule has 0 unspecified atom stereocenters. The largest absolute Gasteiger partial charge is 0.351 e. The third-order valence-corrected chi connectivity index (χ3v) is 3.53. The number of hydrogen-bond acceptors (Lipinski definition) is 3. The summed E-state index contributed by atoms with van der Waals surface area (Å²) in [6.45, 7) is 6.67. The Labute approximate surface area is 135 Å². The van der Waals surface area contributed by atoms with Crippen molar-refractivity contribution in [2.45, 2.75) is 32.9 Å². The van der Waals surface area contributed by atoms with Crippen molar-refractivity contribution in [2.75, 3.05) is 5.32 Å². The van der Waals surface area contributed by atoms with Gasteiger partial charge in [-0.25, -0.2) is 4.98 Å². The maximum Gasteiger partial charge on any atom is 0.263 e. The quantitative estimate of drug-likeness (QED) is 0.803. The minimum absolute atomic E-state index is 0.0220. The van der Waals surface area contributed by atoms with E-state index < -0.39 is 0 Å². The SMILES string of the molecule is CC(C)(C)Nc1nc2ccccc2c(=O)n1Cc1ccccc1. The zero-order valence-electron chi connectivity index (χ0n) is 13.7. The molecule has 0 atom stereocenters. The molecular formula is C19H21N3O. The van der Waals surface area contributed by atoms with Gasteiger partial charge < -0.3 is 5.32 Å². The Kier molecular flexibility index (Phi) is 3.90. The third-order valence-electron chi connectivity index (χ3n) is 3.53. The van der Waals surface area contributed by atoms with Gasteiger partial charge in [0, 0.05) is 5.54 Å². The Morgan fingerprint density at radius 2 is 1.65 bits per heavy atom. The van der Waals surface area contributed by atoms with Crippen molar-refractivity contribution < 1.29 is 0 Å². The van der Waals surface area contributed by atoms with Gasteiger partial charge in [0.05, 0.1) is 17.4 Å². The molecule has 0 aliphatic heterocycles. The zero-order chi connectivity index (χ0) is 16.4. The van der Waals surface area contributed by atoms with Crippen LogP contribution in [0.25, 0.3) is 10.9 Å². The van der Waals surface area contributed by atoms with Crippen LogP contribution in [-0.4, -0.2) is 15.1 Å². The summed E-state index contributed by atoms with van der Waals surface area (Å²) in [5, 5.41) is 4.00. The molecule has 0 aliphatic carbocycles. The van der Waals surface area contributed by atoms with Crippen LogP contribution >= 0.6 is 0 Å². The molecule has 23 heavy (non-hydrogen) atoms. The fourth-order valence-corrected chi connectivity index (χ4v) is 2.51. The predicted molar refractivity (Wildman–Crippen MR) is 94.9 cm³/mol. The van der Waals surface area contributed by atoms with Gasteiger partial charge in [-0.05, 0) is 38.5 Å². The highest BCUT2D eigenvalue weighted by Gasteiger charge is 2.16. The van der Waals surface area contributed by atoms with E-state index in [1.807, 2.05) is 54.6 Å². The van der Waals surface area contributed by atoms with Crippen molar-refractivity contribution in [3.63, 3.8) is 0 Å². The first kappa shape index (κ1) is 15.3. The summed E-state index contributed by atoms with van der Waals surface area (Å²) in [5.74, 6) is 0.602. The summed E-state index contributed by atoms with van der Waals surface area (Å²) < 4.78 is 1.71. The smallest absolute Gasteiger partial charge is 0.263 e. The lowest BCUT2D eigenvalue weighted by Gasteiger charge is -2.24. The van der Waals surface area contributed by atoms with Gasteiger partial charge in [0.15, 0.2) is 0 Å². The Morgan fingerprint density at radius 3 is 2.35 bits per heavy atom. The first-order chi connectivity index (χ1) is 10.9. The molecule has 0 saturated heterocycles. The standard InChI is InChI=1S/C19H21N3O/c1-19(2,3)21-18-20-16-12-8-7-11-15(16)17(23)22(18)13-14-9-5-4-6-10-14/h4-12H,13H2,1-3H3,(H,20,21). The average Bonchev–Trinajstić information content (AvgIpc) is 2.51. The van der Waals surface area contributed by atoms with Crippen molar-refractivity contribution in [1.29, 1.82) is 0 Å². The number of fused-ring (bicyclic) bond motifs is 1. The minimum Gasteiger partial charge on any atom is -0.351 e. The maximum atomic E-state index is 12.9. The van der Waals surface area contributed by atoms with E-state index in [9.17, 15) is 4.79 Å². The zero-order valence-corrected chi connectivity index (χ0v) is 13.7. The number of benzene rings is 2. The van der Waals surface area contributed by atoms with Crippen molar-refractivity contribution in [3.8, 4) is 0 Å². The summed E-state index contributed by atoms with van der Waals surface area (Å²) in [7, 11) is 0. The van der Waals surface area contributed by atoms with E-state index in [1.165, 1.54) is 0 Å². The summed E-state index contributed by atoms with van der Waals surface area (Å²) in [4.78, 5) is 17.6. The Balaban J connectivity index is 2.18. The summed E-state index contributed by atoms with van der Waals surface area (Å²) >= 11 is 0. The van der Waals surface area contributed by atoms with E-state index in [4.69, 9.17) is 0 Å². The number of aromatic nitrogens is 2. The van der Waals surface area contributed by atoms with E-state index in [-0.39, 0.29) is 11.1 Å². The third kappa shape index (κ3) is 3.42. The number of nitrogens with zero attached hydrogens (tertiary/aromatic N) is 2. The number of anilines is 1. The predicted octanol–water partition coefficient (Wildman–Crippen LogP) is 3.66. The number of para-hydroxylation sites is 1. The van der Waals surface area contributed by atoms with Gasteiger partial charge in [-0.15, -0.1) is 0 Å². The second-order valence-electron chi connectivity index (χ2n) is 6.70. The number of hydrogen-bond donors (Lipinski definition) is 1. The highest BCUT2D eigenvalue weighted by molar-refractivity contribution is 5.78. The molecule has 1 heterocycles. The Morgan fingerprint density at radius 1 is 1.00 bits per heavy atom. The molecule has 3 aromatic rings. The lowest BCUT2D eigenvalue weighted by Crippen LogP contribution is -2.33. The van der Waals surface area contributed by atoms with Crippen LogP contribution in [0.5, 0.6) is 0 Å². The maximum absolute atomic E-state index is 12.9. The van der Waals surface area contributed by atoms with E-state index in [0.29, 0.717) is 23.4 Å². The van der Waals surface area contributed by atoms with Gasteiger partial charge >= 0.3 is 0 Å². The molecule has 1 N–H and O–H groups in total. The molecule has 0 spiro atoms. The fraction of sp³-hybridized carbons (Fsp3) is 0.263. The molecule has 4 heteroatoms. The van der Waals surface area contributed by atoms with Gasteiger partial charge in [0.1, 0.15) is 0 Å². The molecule has 4 nitrogen and oxygen atoms in total. The number of rotatable bonds is 3. The average molecular weight is 307 g/mol. The van der Waals surface area contributed by atoms with Crippen molar-refractivity contribution in [1.82, 2.24) is 9.55 Å². The van der Waals surface area contributed by atoms with Crippen LogP contribution in [0.2, 0.25) is 0 Å². The van der Waals surface area contributed by atoms with Crippen LogP contribution in [0.1, 0.15) is 26.3 Å². The molecule has 1 aromatic heterocycles. The molecule has 0 saturated carbocycles. The first-order valence-electron chi connectivity index (χ1n) is 7.76. The van der Waals surface area contributed by atoms with Crippen molar-refractivity contribution in [2.24, 2.45) is 0 Å². The van der Waals surface area contributed by atoms with Crippen LogP contribution in [0.3, 0.4) is 0 Å². The van der Waals surface area contributed by atoms with E-state index in [0.717, 1.165) is 5.56 Å². The van der Waals surface area contributed by atoms with Gasteiger partial charge in [0.25, 0.3) is 5.56 Å². The van der Waals surface area contributed by atoms with E-state index >= 15 is 0 Å². The lowest BCUT2D eigenvalue weighted by atomic mass is 10.1. The molecule has 0 fully saturated rings. The molecule has 0 bridgehead atoms. The van der Waals surface area contributed by atoms with Crippen LogP contribution in [0, 0.1) is 0 Å². The van der Waals surface area contributed by atoms with Crippen LogP contribution in [0.4, 0.5) is 5.95 Å². The summed E-state index contributed by atoms with van der Waals surface area (Å²) in [5.41, 5.74) is 1.59. The second-order valence-corrected chi connectivity index (χ2v) is 6.70. The molecule has 0 amide bonds. The van der Waals surface area contributed by atoms with Crippen molar-refractivity contribution >= 4 is 16.9 Å². The lowest BCUT2D eigenvalue weighted by molar-refractivity contribution is 0.609. The number of nitrogens with one attached hydrogen (secondary N) is 1. The Hall–Kier alpha value is -2.62. The van der Waals surface area contributed by atoms with Crippen molar-refractivity contribution in [3.05, 3.63) is 70.5 Å². The van der Waals surface area contributed by atoms with E-state index in [2.05, 4.69) is 31.1 Å². The summed E-state index contributed by atoms with van der Waals surface area (Å²) in [6.07, 6.45) is 0. The highest BCUT2D eigenvalue weighted by atomic mass is 16.1. The van der Waals surface area contributed by atoms with Gasteiger partial charge in [-0.1, -0.05) is 42.5 Å². The first-order valence-corrected chi connectivity index (χ1v) is 7.76. The molecule has 0 radical (unpaired) electrons. The van der Waals surface area contributed by atoms with E-state index in [1.54, 1.807) is 4.57 Å². The van der Waals surface area contributed by atoms with Gasteiger partial charge in [0.2, 0.25) is 5.95 Å². The summed E-state index contributed by atoms with van der Waals surface area (Å²) in [6, 6.07) is 17.4. The fourth-order valence-electron chi connectivity index (χ4n) is 2.51. The normalized spacial score (nSPS) is 11.6. The van der Waals surface area contributed by atoms with Crippen LogP contribution < -0.4 is 10.9 Å². The second kappa shape index (κ2) is 5.88. The molecular weight excluding hydrogens is 286 g/mol. The minimum atomic E-state index is -0.180. The molecule has 0 aliphatic rings. The highest BCUT2D eigenvalue weighted by Crippen LogP contribution is 2.16. The van der Waals surface area contributed by atoms with Gasteiger partial charge in [-0.2, -0.15) is 0 Å². The van der Waals surface area contributed by atoms with Crippen LogP contribution in [0.15, 0.2) is 59.4 Å². The molecule has 118 valence electrons. The molecule has 2 aromatic carbocycles. The van der Waals surface area contributed by atoms with Gasteiger partial charge in [-0.3, -0.25) is 9.36 Å². The molecule has 3 rings (SSSR count).